The van der Waals surface area contributed by atoms with E-state index < -0.39 is 5.97 Å². The second kappa shape index (κ2) is 5.84. The lowest BCUT2D eigenvalue weighted by Gasteiger charge is -2.28. The molecule has 4 heteroatoms. The Bertz CT molecular complexity index is 295. The number of hydrogen-bond acceptors (Lipinski definition) is 4. The van der Waals surface area contributed by atoms with Crippen molar-refractivity contribution in [1.82, 2.24) is 0 Å². The largest absolute Gasteiger partial charge is 0.497 e. The van der Waals surface area contributed by atoms with Crippen LogP contribution in [0.2, 0.25) is 0 Å². The smallest absolute Gasteiger partial charge is 0.286 e. The molecular formula is C12H18O4. The Balaban J connectivity index is 2.77. The van der Waals surface area contributed by atoms with E-state index in [2.05, 4.69) is 0 Å². The monoisotopic (exact) mass is 226 g/mol. The minimum Gasteiger partial charge on any atom is -0.497 e. The summed E-state index contributed by atoms with van der Waals surface area (Å²) in [5.41, 5.74) is 1.05. The van der Waals surface area contributed by atoms with Gasteiger partial charge in [0, 0.05) is 21.3 Å². The van der Waals surface area contributed by atoms with Gasteiger partial charge < -0.3 is 18.9 Å². The van der Waals surface area contributed by atoms with Crippen LogP contribution < -0.4 is 4.74 Å². The quantitative estimate of drug-likeness (QED) is 0.693. The fraction of sp³-hybridized carbons (Fsp3) is 0.500. The summed E-state index contributed by atoms with van der Waals surface area (Å²) >= 11 is 0. The molecule has 0 atom stereocenters. The van der Waals surface area contributed by atoms with Crippen LogP contribution in [0.5, 0.6) is 5.75 Å². The van der Waals surface area contributed by atoms with E-state index in [0.29, 0.717) is 6.42 Å². The van der Waals surface area contributed by atoms with Crippen LogP contribution in [-0.4, -0.2) is 34.4 Å². The lowest BCUT2D eigenvalue weighted by molar-refractivity contribution is -0.350. The van der Waals surface area contributed by atoms with Gasteiger partial charge in [-0.3, -0.25) is 0 Å². The normalized spacial score (nSPS) is 11.5. The number of methoxy groups -OCH3 is 4. The maximum Gasteiger partial charge on any atom is 0.286 e. The molecule has 0 aliphatic heterocycles. The Kier molecular flexibility index (Phi) is 4.73. The van der Waals surface area contributed by atoms with Crippen molar-refractivity contribution < 1.29 is 18.9 Å². The Morgan fingerprint density at radius 2 is 1.38 bits per heavy atom. The number of ether oxygens (including phenoxy) is 4. The average molecular weight is 226 g/mol. The predicted octanol–water partition coefficient (Wildman–Crippen LogP) is 1.83. The van der Waals surface area contributed by atoms with Gasteiger partial charge in [0.2, 0.25) is 0 Å². The van der Waals surface area contributed by atoms with Gasteiger partial charge in [-0.05, 0) is 17.7 Å². The molecule has 4 nitrogen and oxygen atoms in total. The molecule has 16 heavy (non-hydrogen) atoms. The minimum absolute atomic E-state index is 0.514. The molecule has 0 amide bonds. The highest BCUT2D eigenvalue weighted by Gasteiger charge is 2.29. The maximum absolute atomic E-state index is 5.22. The van der Waals surface area contributed by atoms with Crippen LogP contribution >= 0.6 is 0 Å². The molecule has 0 bridgehead atoms. The van der Waals surface area contributed by atoms with E-state index in [-0.39, 0.29) is 0 Å². The third kappa shape index (κ3) is 2.95. The second-order valence-electron chi connectivity index (χ2n) is 3.32. The van der Waals surface area contributed by atoms with Crippen molar-refractivity contribution in [2.45, 2.75) is 12.4 Å². The summed E-state index contributed by atoms with van der Waals surface area (Å²) in [4.78, 5) is 0. The Morgan fingerprint density at radius 1 is 0.875 bits per heavy atom. The van der Waals surface area contributed by atoms with Gasteiger partial charge in [0.05, 0.1) is 13.5 Å². The second-order valence-corrected chi connectivity index (χ2v) is 3.32. The Labute approximate surface area is 96.1 Å². The van der Waals surface area contributed by atoms with Crippen LogP contribution in [-0.2, 0) is 20.6 Å². The number of rotatable bonds is 6. The molecule has 0 saturated heterocycles. The summed E-state index contributed by atoms with van der Waals surface area (Å²) in [5.74, 6) is -0.198. The van der Waals surface area contributed by atoms with E-state index in [1.54, 1.807) is 28.4 Å². The van der Waals surface area contributed by atoms with Gasteiger partial charge in [-0.25, -0.2) is 0 Å². The highest BCUT2D eigenvalue weighted by Crippen LogP contribution is 2.20. The first-order valence-corrected chi connectivity index (χ1v) is 4.98. The molecule has 0 unspecified atom stereocenters. The first kappa shape index (κ1) is 13.0. The maximum atomic E-state index is 5.22. The van der Waals surface area contributed by atoms with Crippen LogP contribution in [0.15, 0.2) is 24.3 Å². The first-order chi connectivity index (χ1) is 7.69. The minimum atomic E-state index is -1.02. The molecule has 0 aliphatic carbocycles. The molecule has 1 aromatic rings. The number of benzene rings is 1. The molecule has 0 aliphatic rings. The van der Waals surface area contributed by atoms with Gasteiger partial charge in [0.1, 0.15) is 5.75 Å². The van der Waals surface area contributed by atoms with E-state index in [4.69, 9.17) is 18.9 Å². The van der Waals surface area contributed by atoms with Crippen LogP contribution in [0, 0.1) is 0 Å². The lowest BCUT2D eigenvalue weighted by Crippen LogP contribution is -2.38. The summed E-state index contributed by atoms with van der Waals surface area (Å²) in [6.45, 7) is 0. The molecule has 0 aromatic heterocycles. The van der Waals surface area contributed by atoms with Gasteiger partial charge >= 0.3 is 0 Å². The zero-order valence-corrected chi connectivity index (χ0v) is 10.1. The van der Waals surface area contributed by atoms with E-state index >= 15 is 0 Å². The molecule has 0 heterocycles. The van der Waals surface area contributed by atoms with Crippen molar-refractivity contribution in [3.8, 4) is 5.75 Å². The van der Waals surface area contributed by atoms with Crippen molar-refractivity contribution in [1.29, 1.82) is 0 Å². The topological polar surface area (TPSA) is 36.9 Å². The molecule has 0 spiro atoms. The molecule has 90 valence electrons. The molecule has 0 saturated carbocycles. The fourth-order valence-electron chi connectivity index (χ4n) is 1.46. The highest BCUT2D eigenvalue weighted by molar-refractivity contribution is 5.27. The van der Waals surface area contributed by atoms with E-state index in [9.17, 15) is 0 Å². The van der Waals surface area contributed by atoms with E-state index in [0.717, 1.165) is 11.3 Å². The fourth-order valence-corrected chi connectivity index (χ4v) is 1.46. The van der Waals surface area contributed by atoms with Gasteiger partial charge in [-0.1, -0.05) is 12.1 Å². The zero-order valence-electron chi connectivity index (χ0n) is 10.1. The van der Waals surface area contributed by atoms with Crippen LogP contribution in [0.25, 0.3) is 0 Å². The summed E-state index contributed by atoms with van der Waals surface area (Å²) in [6, 6.07) is 7.68. The Hall–Kier alpha value is -1.10. The third-order valence-corrected chi connectivity index (χ3v) is 2.51. The third-order valence-electron chi connectivity index (χ3n) is 2.51. The molecule has 1 aromatic carbocycles. The standard InChI is InChI=1S/C12H18O4/c1-13-11-7-5-10(6-8-11)9-12(14-2,15-3)16-4/h5-8H,9H2,1-4H3. The Morgan fingerprint density at radius 3 is 1.75 bits per heavy atom. The van der Waals surface area contributed by atoms with Gasteiger partial charge in [-0.2, -0.15) is 0 Å². The summed E-state index contributed by atoms with van der Waals surface area (Å²) in [6.07, 6.45) is 0.514. The summed E-state index contributed by atoms with van der Waals surface area (Å²) in [5, 5.41) is 0. The van der Waals surface area contributed by atoms with Crippen molar-refractivity contribution in [2.75, 3.05) is 28.4 Å². The SMILES string of the molecule is COc1ccc(CC(OC)(OC)OC)cc1. The van der Waals surface area contributed by atoms with Gasteiger partial charge in [0.25, 0.3) is 5.97 Å². The van der Waals surface area contributed by atoms with Crippen LogP contribution in [0.1, 0.15) is 5.56 Å². The van der Waals surface area contributed by atoms with Crippen molar-refractivity contribution >= 4 is 0 Å². The van der Waals surface area contributed by atoms with Gasteiger partial charge in [-0.15, -0.1) is 0 Å². The predicted molar refractivity (Wildman–Crippen MR) is 60.5 cm³/mol. The molecule has 1 rings (SSSR count). The average Bonchev–Trinajstić information content (AvgIpc) is 2.37. The zero-order chi connectivity index (χ0) is 12.0. The number of hydrogen-bond donors (Lipinski definition) is 0. The van der Waals surface area contributed by atoms with Gasteiger partial charge in [0.15, 0.2) is 0 Å². The summed E-state index contributed by atoms with van der Waals surface area (Å²) in [7, 11) is 6.29. The molecule has 0 fully saturated rings. The molecule has 0 radical (unpaired) electrons. The van der Waals surface area contributed by atoms with Crippen LogP contribution in [0.3, 0.4) is 0 Å². The molecule has 0 N–H and O–H groups in total. The first-order valence-electron chi connectivity index (χ1n) is 4.98. The van der Waals surface area contributed by atoms with Crippen LogP contribution in [0.4, 0.5) is 0 Å². The highest BCUT2D eigenvalue weighted by atomic mass is 16.9. The molecular weight excluding hydrogens is 208 g/mol. The van der Waals surface area contributed by atoms with E-state index in [1.807, 2.05) is 24.3 Å². The van der Waals surface area contributed by atoms with Crippen molar-refractivity contribution in [2.24, 2.45) is 0 Å². The van der Waals surface area contributed by atoms with Crippen molar-refractivity contribution in [3.63, 3.8) is 0 Å². The summed E-state index contributed by atoms with van der Waals surface area (Å²) < 4.78 is 20.7. The van der Waals surface area contributed by atoms with E-state index in [1.165, 1.54) is 0 Å². The lowest BCUT2D eigenvalue weighted by atomic mass is 10.1. The van der Waals surface area contributed by atoms with Crippen molar-refractivity contribution in [3.05, 3.63) is 29.8 Å².